The van der Waals surface area contributed by atoms with Gasteiger partial charge in [0.05, 0.1) is 5.92 Å². The minimum Gasteiger partial charge on any atom is -0.489 e. The second-order valence-electron chi connectivity index (χ2n) is 5.23. The van der Waals surface area contributed by atoms with E-state index in [0.717, 1.165) is 22.6 Å². The van der Waals surface area contributed by atoms with Gasteiger partial charge < -0.3 is 10.1 Å². The Morgan fingerprint density at radius 3 is 2.65 bits per heavy atom. The van der Waals surface area contributed by atoms with E-state index in [4.69, 9.17) is 4.74 Å². The van der Waals surface area contributed by atoms with Crippen molar-refractivity contribution in [2.45, 2.75) is 26.4 Å². The summed E-state index contributed by atoms with van der Waals surface area (Å²) in [5, 5.41) is 2.86. The molecule has 1 heterocycles. The van der Waals surface area contributed by atoms with Crippen LogP contribution in [-0.2, 0) is 11.4 Å². The van der Waals surface area contributed by atoms with E-state index in [0.29, 0.717) is 6.61 Å². The van der Waals surface area contributed by atoms with Crippen LogP contribution in [0.5, 0.6) is 5.75 Å². The van der Waals surface area contributed by atoms with E-state index in [-0.39, 0.29) is 11.8 Å². The lowest BCUT2D eigenvalue weighted by molar-refractivity contribution is -0.116. The molecule has 0 saturated carbocycles. The van der Waals surface area contributed by atoms with Crippen molar-refractivity contribution in [2.24, 2.45) is 0 Å². The minimum absolute atomic E-state index is 0.0516. The van der Waals surface area contributed by atoms with Crippen molar-refractivity contribution in [3.8, 4) is 5.75 Å². The molecule has 20 heavy (non-hydrogen) atoms. The Bertz CT molecular complexity index is 647. The first-order chi connectivity index (χ1) is 9.63. The molecule has 1 aliphatic rings. The molecule has 0 fully saturated rings. The second kappa shape index (κ2) is 5.00. The molecule has 102 valence electrons. The molecule has 0 radical (unpaired) electrons. The summed E-state index contributed by atoms with van der Waals surface area (Å²) < 4.78 is 5.80. The first-order valence-electron chi connectivity index (χ1n) is 6.76. The Morgan fingerprint density at radius 1 is 1.15 bits per heavy atom. The maximum absolute atomic E-state index is 11.6. The van der Waals surface area contributed by atoms with Gasteiger partial charge in [-0.2, -0.15) is 0 Å². The van der Waals surface area contributed by atoms with Crippen LogP contribution in [0.25, 0.3) is 0 Å². The molecular weight excluding hydrogens is 250 g/mol. The van der Waals surface area contributed by atoms with E-state index in [1.165, 1.54) is 5.56 Å². The van der Waals surface area contributed by atoms with Gasteiger partial charge in [0.2, 0.25) is 5.91 Å². The van der Waals surface area contributed by atoms with Crippen LogP contribution in [-0.4, -0.2) is 5.91 Å². The molecule has 2 aromatic carbocycles. The van der Waals surface area contributed by atoms with E-state index in [9.17, 15) is 4.79 Å². The van der Waals surface area contributed by atoms with Crippen LogP contribution in [0, 0.1) is 6.92 Å². The minimum atomic E-state index is -0.104. The van der Waals surface area contributed by atoms with Crippen LogP contribution < -0.4 is 10.1 Å². The van der Waals surface area contributed by atoms with Crippen molar-refractivity contribution in [3.63, 3.8) is 0 Å². The largest absolute Gasteiger partial charge is 0.489 e. The fraction of sp³-hybridized carbons (Fsp3) is 0.235. The molecule has 0 bridgehead atoms. The lowest BCUT2D eigenvalue weighted by Gasteiger charge is -2.09. The number of anilines is 1. The van der Waals surface area contributed by atoms with Gasteiger partial charge in [-0.25, -0.2) is 0 Å². The topological polar surface area (TPSA) is 38.3 Å². The summed E-state index contributed by atoms with van der Waals surface area (Å²) in [6, 6.07) is 14.0. The standard InChI is InChI=1S/C17H17NO2/c1-11-3-5-13(6-4-11)10-20-14-7-8-16-15(9-14)12(2)17(19)18-16/h3-9,12H,10H2,1-2H3,(H,18,19). The summed E-state index contributed by atoms with van der Waals surface area (Å²) in [6.07, 6.45) is 0. The molecule has 1 N–H and O–H groups in total. The number of hydrogen-bond acceptors (Lipinski definition) is 2. The molecule has 1 amide bonds. The molecule has 0 spiro atoms. The normalized spacial score (nSPS) is 16.7. The Labute approximate surface area is 118 Å². The summed E-state index contributed by atoms with van der Waals surface area (Å²) in [7, 11) is 0. The van der Waals surface area contributed by atoms with Crippen LogP contribution in [0.4, 0.5) is 5.69 Å². The predicted octanol–water partition coefficient (Wildman–Crippen LogP) is 3.63. The summed E-state index contributed by atoms with van der Waals surface area (Å²) in [5.41, 5.74) is 4.28. The fourth-order valence-corrected chi connectivity index (χ4v) is 2.34. The third-order valence-electron chi connectivity index (χ3n) is 3.67. The molecule has 3 heteroatoms. The average Bonchev–Trinajstić information content (AvgIpc) is 2.74. The fourth-order valence-electron chi connectivity index (χ4n) is 2.34. The van der Waals surface area contributed by atoms with E-state index in [2.05, 4.69) is 36.5 Å². The zero-order chi connectivity index (χ0) is 14.1. The Kier molecular flexibility index (Phi) is 3.18. The van der Waals surface area contributed by atoms with Gasteiger partial charge in [0.25, 0.3) is 0 Å². The molecule has 0 saturated heterocycles. The van der Waals surface area contributed by atoms with E-state index >= 15 is 0 Å². The summed E-state index contributed by atoms with van der Waals surface area (Å²) in [4.78, 5) is 11.6. The predicted molar refractivity (Wildman–Crippen MR) is 79.0 cm³/mol. The van der Waals surface area contributed by atoms with Gasteiger partial charge in [-0.15, -0.1) is 0 Å². The maximum Gasteiger partial charge on any atom is 0.231 e. The van der Waals surface area contributed by atoms with Crippen molar-refractivity contribution >= 4 is 11.6 Å². The molecular formula is C17H17NO2. The zero-order valence-electron chi connectivity index (χ0n) is 11.6. The second-order valence-corrected chi connectivity index (χ2v) is 5.23. The summed E-state index contributed by atoms with van der Waals surface area (Å²) in [6.45, 7) is 4.51. The number of aryl methyl sites for hydroxylation is 1. The van der Waals surface area contributed by atoms with E-state index in [1.807, 2.05) is 25.1 Å². The van der Waals surface area contributed by atoms with Crippen LogP contribution in [0.1, 0.15) is 29.5 Å². The third-order valence-corrected chi connectivity index (χ3v) is 3.67. The molecule has 0 aromatic heterocycles. The number of ether oxygens (including phenoxy) is 1. The van der Waals surface area contributed by atoms with Gasteiger partial charge in [0.1, 0.15) is 12.4 Å². The highest BCUT2D eigenvalue weighted by Crippen LogP contribution is 2.34. The molecule has 1 atom stereocenters. The molecule has 3 rings (SSSR count). The lowest BCUT2D eigenvalue weighted by atomic mass is 10.0. The van der Waals surface area contributed by atoms with Crippen molar-refractivity contribution in [1.82, 2.24) is 0 Å². The summed E-state index contributed by atoms with van der Waals surface area (Å²) in [5.74, 6) is 0.747. The number of carbonyl (C=O) groups is 1. The third kappa shape index (κ3) is 2.39. The quantitative estimate of drug-likeness (QED) is 0.922. The number of carbonyl (C=O) groups excluding carboxylic acids is 1. The van der Waals surface area contributed by atoms with Gasteiger partial charge >= 0.3 is 0 Å². The Hall–Kier alpha value is -2.29. The first kappa shape index (κ1) is 12.7. The monoisotopic (exact) mass is 267 g/mol. The molecule has 0 aliphatic carbocycles. The van der Waals surface area contributed by atoms with Gasteiger partial charge in [0, 0.05) is 5.69 Å². The number of nitrogens with one attached hydrogen (secondary N) is 1. The summed E-state index contributed by atoms with van der Waals surface area (Å²) >= 11 is 0. The number of fused-ring (bicyclic) bond motifs is 1. The highest BCUT2D eigenvalue weighted by molar-refractivity contribution is 6.02. The van der Waals surface area contributed by atoms with Gasteiger partial charge in [0.15, 0.2) is 0 Å². The number of hydrogen-bond donors (Lipinski definition) is 1. The molecule has 2 aromatic rings. The Morgan fingerprint density at radius 2 is 1.90 bits per heavy atom. The van der Waals surface area contributed by atoms with Crippen LogP contribution in [0.3, 0.4) is 0 Å². The van der Waals surface area contributed by atoms with Gasteiger partial charge in [-0.05, 0) is 43.2 Å². The van der Waals surface area contributed by atoms with Crippen molar-refractivity contribution in [3.05, 3.63) is 59.2 Å². The highest BCUT2D eigenvalue weighted by Gasteiger charge is 2.26. The Balaban J connectivity index is 1.73. The smallest absolute Gasteiger partial charge is 0.231 e. The van der Waals surface area contributed by atoms with E-state index < -0.39 is 0 Å². The van der Waals surface area contributed by atoms with Crippen molar-refractivity contribution < 1.29 is 9.53 Å². The van der Waals surface area contributed by atoms with E-state index in [1.54, 1.807) is 0 Å². The van der Waals surface area contributed by atoms with Crippen LogP contribution >= 0.6 is 0 Å². The molecule has 1 aliphatic heterocycles. The zero-order valence-corrected chi connectivity index (χ0v) is 11.6. The van der Waals surface area contributed by atoms with Gasteiger partial charge in [-0.1, -0.05) is 29.8 Å². The van der Waals surface area contributed by atoms with Gasteiger partial charge in [-0.3, -0.25) is 4.79 Å². The van der Waals surface area contributed by atoms with Crippen molar-refractivity contribution in [2.75, 3.05) is 5.32 Å². The number of amides is 1. The number of benzene rings is 2. The maximum atomic E-state index is 11.6. The van der Waals surface area contributed by atoms with Crippen molar-refractivity contribution in [1.29, 1.82) is 0 Å². The molecule has 1 unspecified atom stereocenters. The SMILES string of the molecule is Cc1ccc(COc2ccc3c(c2)C(C)C(=O)N3)cc1. The average molecular weight is 267 g/mol. The van der Waals surface area contributed by atoms with Crippen LogP contribution in [0.15, 0.2) is 42.5 Å². The highest BCUT2D eigenvalue weighted by atomic mass is 16.5. The number of rotatable bonds is 3. The lowest BCUT2D eigenvalue weighted by Crippen LogP contribution is -2.08. The van der Waals surface area contributed by atoms with Crippen LogP contribution in [0.2, 0.25) is 0 Å². The molecule has 3 nitrogen and oxygen atoms in total. The first-order valence-corrected chi connectivity index (χ1v) is 6.76.